The molecule has 2 aromatic rings. The summed E-state index contributed by atoms with van der Waals surface area (Å²) in [5, 5.41) is 2.11. The predicted octanol–water partition coefficient (Wildman–Crippen LogP) is 3.87. The topological polar surface area (TPSA) is 40.6 Å². The van der Waals surface area contributed by atoms with Gasteiger partial charge in [0.25, 0.3) is 0 Å². The van der Waals surface area contributed by atoms with E-state index < -0.39 is 0 Å². The first-order valence-electron chi connectivity index (χ1n) is 9.20. The number of nitrogens with zero attached hydrogens (tertiary/aromatic N) is 2. The number of amides is 2. The number of thiophene rings is 1. The van der Waals surface area contributed by atoms with Crippen LogP contribution in [0.3, 0.4) is 0 Å². The van der Waals surface area contributed by atoms with Crippen LogP contribution in [0.5, 0.6) is 0 Å². The molecule has 5 heteroatoms. The third kappa shape index (κ3) is 3.68. The second-order valence-electron chi connectivity index (χ2n) is 6.85. The molecule has 1 aliphatic rings. The van der Waals surface area contributed by atoms with Crippen LogP contribution >= 0.6 is 11.3 Å². The van der Waals surface area contributed by atoms with Gasteiger partial charge in [0.2, 0.25) is 11.8 Å². The van der Waals surface area contributed by atoms with Crippen LogP contribution in [0, 0.1) is 0 Å². The molecular weight excluding hydrogens is 344 g/mol. The van der Waals surface area contributed by atoms with E-state index in [4.69, 9.17) is 0 Å². The maximum atomic E-state index is 13.2. The van der Waals surface area contributed by atoms with Gasteiger partial charge in [-0.05, 0) is 42.3 Å². The minimum absolute atomic E-state index is 0.0196. The first-order chi connectivity index (χ1) is 12.5. The van der Waals surface area contributed by atoms with Gasteiger partial charge in [0.15, 0.2) is 0 Å². The SMILES string of the molecule is CC[C@@H](C)N(CC(=O)N1CCc2sccc2[C@@H]1c1ccccc1)C(C)=O. The monoisotopic (exact) mass is 370 g/mol. The van der Waals surface area contributed by atoms with Gasteiger partial charge in [0.05, 0.1) is 6.04 Å². The van der Waals surface area contributed by atoms with Gasteiger partial charge in [0.1, 0.15) is 6.54 Å². The zero-order chi connectivity index (χ0) is 18.7. The highest BCUT2D eigenvalue weighted by Gasteiger charge is 2.34. The van der Waals surface area contributed by atoms with Crippen LogP contribution in [-0.2, 0) is 16.0 Å². The Hall–Kier alpha value is -2.14. The van der Waals surface area contributed by atoms with Crippen molar-refractivity contribution in [1.82, 2.24) is 9.80 Å². The lowest BCUT2D eigenvalue weighted by atomic mass is 9.93. The highest BCUT2D eigenvalue weighted by molar-refractivity contribution is 7.10. The molecule has 0 fully saturated rings. The molecule has 0 unspecified atom stereocenters. The lowest BCUT2D eigenvalue weighted by Gasteiger charge is -2.38. The van der Waals surface area contributed by atoms with Gasteiger partial charge in [-0.1, -0.05) is 37.3 Å². The highest BCUT2D eigenvalue weighted by Crippen LogP contribution is 2.37. The summed E-state index contributed by atoms with van der Waals surface area (Å²) >= 11 is 1.76. The number of hydrogen-bond donors (Lipinski definition) is 0. The van der Waals surface area contributed by atoms with E-state index in [1.54, 1.807) is 23.2 Å². The van der Waals surface area contributed by atoms with Gasteiger partial charge in [-0.2, -0.15) is 0 Å². The summed E-state index contributed by atoms with van der Waals surface area (Å²) < 4.78 is 0. The third-order valence-electron chi connectivity index (χ3n) is 5.23. The van der Waals surface area contributed by atoms with Crippen molar-refractivity contribution < 1.29 is 9.59 Å². The molecule has 1 aromatic carbocycles. The van der Waals surface area contributed by atoms with Crippen LogP contribution in [0.1, 0.15) is 49.2 Å². The molecule has 0 aliphatic carbocycles. The van der Waals surface area contributed by atoms with E-state index >= 15 is 0 Å². The molecule has 2 heterocycles. The molecule has 4 nitrogen and oxygen atoms in total. The molecule has 1 aromatic heterocycles. The second-order valence-corrected chi connectivity index (χ2v) is 7.85. The predicted molar refractivity (Wildman–Crippen MR) is 105 cm³/mol. The summed E-state index contributed by atoms with van der Waals surface area (Å²) in [5.74, 6) is -0.0246. The van der Waals surface area contributed by atoms with Crippen molar-refractivity contribution in [3.8, 4) is 0 Å². The fraction of sp³-hybridized carbons (Fsp3) is 0.429. The first-order valence-corrected chi connectivity index (χ1v) is 10.1. The van der Waals surface area contributed by atoms with E-state index in [-0.39, 0.29) is 30.4 Å². The molecular formula is C21H26N2O2S. The number of hydrogen-bond acceptors (Lipinski definition) is 3. The maximum absolute atomic E-state index is 13.2. The van der Waals surface area contributed by atoms with E-state index in [1.807, 2.05) is 36.9 Å². The molecule has 1 aliphatic heterocycles. The molecule has 0 saturated heterocycles. The molecule has 2 amide bonds. The smallest absolute Gasteiger partial charge is 0.243 e. The molecule has 0 spiro atoms. The van der Waals surface area contributed by atoms with Crippen molar-refractivity contribution in [1.29, 1.82) is 0 Å². The minimum Gasteiger partial charge on any atom is -0.331 e. The Morgan fingerprint density at radius 2 is 2.00 bits per heavy atom. The van der Waals surface area contributed by atoms with Crippen LogP contribution in [0.25, 0.3) is 0 Å². The van der Waals surface area contributed by atoms with Crippen molar-refractivity contribution in [2.24, 2.45) is 0 Å². The Morgan fingerprint density at radius 1 is 1.27 bits per heavy atom. The van der Waals surface area contributed by atoms with E-state index in [0.717, 1.165) is 18.4 Å². The van der Waals surface area contributed by atoms with Crippen LogP contribution < -0.4 is 0 Å². The fourth-order valence-corrected chi connectivity index (χ4v) is 4.52. The zero-order valence-corrected chi connectivity index (χ0v) is 16.5. The molecule has 0 saturated carbocycles. The van der Waals surface area contributed by atoms with Gasteiger partial charge < -0.3 is 9.80 Å². The fourth-order valence-electron chi connectivity index (χ4n) is 3.61. The standard InChI is InChI=1S/C21H26N2O2S/c1-4-15(2)23(16(3)24)14-20(25)22-12-10-19-18(11-13-26-19)21(22)17-8-6-5-7-9-17/h5-9,11,13,15,21H,4,10,12,14H2,1-3H3/t15-,21+/m1/s1. The summed E-state index contributed by atoms with van der Waals surface area (Å²) in [7, 11) is 0. The molecule has 0 N–H and O–H groups in total. The number of rotatable bonds is 5. The molecule has 0 radical (unpaired) electrons. The second kappa shape index (κ2) is 8.04. The highest BCUT2D eigenvalue weighted by atomic mass is 32.1. The number of carbonyl (C=O) groups excluding carboxylic acids is 2. The van der Waals surface area contributed by atoms with E-state index in [1.165, 1.54) is 10.4 Å². The van der Waals surface area contributed by atoms with Crippen LogP contribution in [0.2, 0.25) is 0 Å². The number of fused-ring (bicyclic) bond motifs is 1. The molecule has 0 bridgehead atoms. The number of benzene rings is 1. The van der Waals surface area contributed by atoms with Crippen LogP contribution in [0.15, 0.2) is 41.8 Å². The van der Waals surface area contributed by atoms with E-state index in [0.29, 0.717) is 6.54 Å². The summed E-state index contributed by atoms with van der Waals surface area (Å²) in [6.07, 6.45) is 1.72. The Labute approximate surface area is 159 Å². The van der Waals surface area contributed by atoms with Gasteiger partial charge in [-0.25, -0.2) is 0 Å². The zero-order valence-electron chi connectivity index (χ0n) is 15.6. The molecule has 2 atom stereocenters. The summed E-state index contributed by atoms with van der Waals surface area (Å²) in [4.78, 5) is 30.2. The Bertz CT molecular complexity index is 771. The Kier molecular flexibility index (Phi) is 5.77. The van der Waals surface area contributed by atoms with Crippen molar-refractivity contribution in [3.63, 3.8) is 0 Å². The average molecular weight is 371 g/mol. The van der Waals surface area contributed by atoms with E-state index in [9.17, 15) is 9.59 Å². The van der Waals surface area contributed by atoms with Crippen molar-refractivity contribution in [2.75, 3.05) is 13.1 Å². The summed E-state index contributed by atoms with van der Waals surface area (Å²) in [6.45, 7) is 6.42. The first kappa shape index (κ1) is 18.6. The molecule has 3 rings (SSSR count). The van der Waals surface area contributed by atoms with Gasteiger partial charge in [-0.15, -0.1) is 11.3 Å². The lowest BCUT2D eigenvalue weighted by Crippen LogP contribution is -2.48. The van der Waals surface area contributed by atoms with Crippen LogP contribution in [0.4, 0.5) is 0 Å². The average Bonchev–Trinajstić information content (AvgIpc) is 3.13. The summed E-state index contributed by atoms with van der Waals surface area (Å²) in [6, 6.07) is 12.3. The van der Waals surface area contributed by atoms with Gasteiger partial charge in [0, 0.05) is 24.4 Å². The molecule has 26 heavy (non-hydrogen) atoms. The largest absolute Gasteiger partial charge is 0.331 e. The normalized spacial score (nSPS) is 17.5. The lowest BCUT2D eigenvalue weighted by molar-refractivity contribution is -0.142. The van der Waals surface area contributed by atoms with Crippen LogP contribution in [-0.4, -0.2) is 40.7 Å². The quantitative estimate of drug-likeness (QED) is 0.802. The number of carbonyl (C=O) groups is 2. The van der Waals surface area contributed by atoms with Gasteiger partial charge >= 0.3 is 0 Å². The van der Waals surface area contributed by atoms with Crippen molar-refractivity contribution in [2.45, 2.75) is 45.7 Å². The molecule has 138 valence electrons. The van der Waals surface area contributed by atoms with Gasteiger partial charge in [-0.3, -0.25) is 9.59 Å². The van der Waals surface area contributed by atoms with Crippen molar-refractivity contribution in [3.05, 3.63) is 57.8 Å². The third-order valence-corrected chi connectivity index (χ3v) is 6.23. The summed E-state index contributed by atoms with van der Waals surface area (Å²) in [5.41, 5.74) is 2.34. The van der Waals surface area contributed by atoms with E-state index in [2.05, 4.69) is 23.6 Å². The minimum atomic E-state index is -0.0653. The van der Waals surface area contributed by atoms with Crippen molar-refractivity contribution >= 4 is 23.2 Å². The Morgan fingerprint density at radius 3 is 2.65 bits per heavy atom. The Balaban J connectivity index is 1.90. The maximum Gasteiger partial charge on any atom is 0.243 e.